The van der Waals surface area contributed by atoms with E-state index < -0.39 is 11.9 Å². The number of aryl methyl sites for hydroxylation is 1. The molecule has 0 aromatic carbocycles. The van der Waals surface area contributed by atoms with Gasteiger partial charge in [-0.25, -0.2) is 0 Å². The van der Waals surface area contributed by atoms with Crippen LogP contribution in [-0.4, -0.2) is 52.0 Å². The molecule has 0 unspecified atom stereocenters. The summed E-state index contributed by atoms with van der Waals surface area (Å²) in [5.41, 5.74) is 0.595. The van der Waals surface area contributed by atoms with Crippen LogP contribution in [0, 0.1) is 6.92 Å². The highest BCUT2D eigenvalue weighted by Crippen LogP contribution is 2.25. The number of nitrogens with one attached hydrogen (secondary N) is 2. The first-order chi connectivity index (χ1) is 17.5. The van der Waals surface area contributed by atoms with E-state index in [1.807, 2.05) is 0 Å². The minimum absolute atomic E-state index is 0.0508. The number of hydrogen-bond acceptors (Lipinski definition) is 8. The van der Waals surface area contributed by atoms with Gasteiger partial charge in [-0.3, -0.25) is 19.4 Å². The lowest BCUT2D eigenvalue weighted by atomic mass is 10.0. The van der Waals surface area contributed by atoms with Crippen LogP contribution in [0.3, 0.4) is 0 Å². The number of carbonyl (C=O) groups is 3. The number of rotatable bonds is 11. The molecule has 0 aliphatic carbocycles. The summed E-state index contributed by atoms with van der Waals surface area (Å²) in [5.74, 6) is 0.224. The second kappa shape index (κ2) is 12.1. The van der Waals surface area contributed by atoms with Gasteiger partial charge in [0.05, 0.1) is 18.9 Å². The van der Waals surface area contributed by atoms with E-state index >= 15 is 0 Å². The summed E-state index contributed by atoms with van der Waals surface area (Å²) in [5, 5.41) is 9.26. The second-order valence-corrected chi connectivity index (χ2v) is 8.54. The zero-order valence-electron chi connectivity index (χ0n) is 20.0. The van der Waals surface area contributed by atoms with Crippen molar-refractivity contribution in [1.82, 2.24) is 20.4 Å². The van der Waals surface area contributed by atoms with Crippen LogP contribution in [0.2, 0.25) is 0 Å². The molecule has 4 heterocycles. The van der Waals surface area contributed by atoms with Crippen molar-refractivity contribution in [3.63, 3.8) is 0 Å². The van der Waals surface area contributed by atoms with Crippen LogP contribution in [0.15, 0.2) is 57.9 Å². The summed E-state index contributed by atoms with van der Waals surface area (Å²) in [6.07, 6.45) is 6.19. The fourth-order valence-corrected chi connectivity index (χ4v) is 4.02. The lowest BCUT2D eigenvalue weighted by Crippen LogP contribution is -2.45. The summed E-state index contributed by atoms with van der Waals surface area (Å²) < 4.78 is 16.0. The zero-order chi connectivity index (χ0) is 25.3. The molecule has 36 heavy (non-hydrogen) atoms. The number of hydrogen-bond donors (Lipinski definition) is 2. The van der Waals surface area contributed by atoms with Crippen LogP contribution in [0.4, 0.5) is 5.82 Å². The van der Waals surface area contributed by atoms with E-state index in [0.717, 1.165) is 12.8 Å². The number of ether oxygens (including phenoxy) is 1. The van der Waals surface area contributed by atoms with Crippen molar-refractivity contribution in [1.29, 1.82) is 0 Å². The van der Waals surface area contributed by atoms with Gasteiger partial charge < -0.3 is 29.2 Å². The van der Waals surface area contributed by atoms with Crippen molar-refractivity contribution in [2.45, 2.75) is 51.3 Å². The molecule has 1 aliphatic heterocycles. The molecule has 0 saturated carbocycles. The molecule has 3 amide bonds. The summed E-state index contributed by atoms with van der Waals surface area (Å²) >= 11 is 0. The molecular formula is C25H29N5O6. The summed E-state index contributed by atoms with van der Waals surface area (Å²) in [4.78, 5) is 44.8. The number of amides is 3. The monoisotopic (exact) mass is 495 g/mol. The predicted molar refractivity (Wildman–Crippen MR) is 127 cm³/mol. The van der Waals surface area contributed by atoms with Crippen LogP contribution in [-0.2, 0) is 25.7 Å². The van der Waals surface area contributed by atoms with Gasteiger partial charge in [0.15, 0.2) is 5.82 Å². The SMILES string of the molecule is Cc1cc(NC(=O)CCC(=O)N(Cc2ccco2)[C@H](C(=O)NC[C@@H]2CCCO2)c2ccncc2)no1. The number of nitrogens with zero attached hydrogens (tertiary/aromatic N) is 3. The average Bonchev–Trinajstić information content (AvgIpc) is 3.66. The molecule has 2 atom stereocenters. The average molecular weight is 496 g/mol. The standard InChI is InChI=1S/C25H29N5O6/c1-17-14-21(29-36-17)28-22(31)6-7-23(32)30(16-20-5-3-13-35-20)24(18-8-10-26-11-9-18)25(33)27-15-19-4-2-12-34-19/h3,5,8-11,13-14,19,24H,2,4,6-7,12,15-16H2,1H3,(H,27,33)(H,28,29,31)/t19-,24-/m0/s1. The molecule has 4 rings (SSSR count). The fourth-order valence-electron chi connectivity index (χ4n) is 4.02. The molecule has 3 aromatic heterocycles. The van der Waals surface area contributed by atoms with E-state index in [2.05, 4.69) is 20.8 Å². The fraction of sp³-hybridized carbons (Fsp3) is 0.400. The molecule has 0 spiro atoms. The molecule has 190 valence electrons. The van der Waals surface area contributed by atoms with E-state index in [0.29, 0.717) is 30.2 Å². The van der Waals surface area contributed by atoms with E-state index in [9.17, 15) is 14.4 Å². The van der Waals surface area contributed by atoms with Crippen molar-refractivity contribution in [3.8, 4) is 0 Å². The van der Waals surface area contributed by atoms with Crippen molar-refractivity contribution >= 4 is 23.5 Å². The lowest BCUT2D eigenvalue weighted by molar-refractivity contribution is -0.142. The lowest BCUT2D eigenvalue weighted by Gasteiger charge is -2.31. The Morgan fingerprint density at radius 3 is 2.69 bits per heavy atom. The highest BCUT2D eigenvalue weighted by Gasteiger charge is 2.33. The van der Waals surface area contributed by atoms with E-state index in [1.54, 1.807) is 49.6 Å². The smallest absolute Gasteiger partial charge is 0.247 e. The maximum Gasteiger partial charge on any atom is 0.247 e. The van der Waals surface area contributed by atoms with Gasteiger partial charge in [0.25, 0.3) is 0 Å². The molecule has 0 bridgehead atoms. The predicted octanol–water partition coefficient (Wildman–Crippen LogP) is 2.76. The van der Waals surface area contributed by atoms with Crippen LogP contribution in [0.1, 0.15) is 48.8 Å². The Morgan fingerprint density at radius 1 is 1.19 bits per heavy atom. The third kappa shape index (κ3) is 6.79. The Hall–Kier alpha value is -3.99. The third-order valence-electron chi connectivity index (χ3n) is 5.80. The first kappa shape index (κ1) is 25.1. The molecule has 11 heteroatoms. The van der Waals surface area contributed by atoms with E-state index in [-0.39, 0.29) is 43.1 Å². The minimum Gasteiger partial charge on any atom is -0.467 e. The van der Waals surface area contributed by atoms with E-state index in [4.69, 9.17) is 13.7 Å². The molecule has 2 N–H and O–H groups in total. The quantitative estimate of drug-likeness (QED) is 0.414. The van der Waals surface area contributed by atoms with Gasteiger partial charge in [-0.15, -0.1) is 0 Å². The van der Waals surface area contributed by atoms with Crippen LogP contribution in [0.5, 0.6) is 0 Å². The van der Waals surface area contributed by atoms with Crippen molar-refractivity contribution in [2.75, 3.05) is 18.5 Å². The maximum atomic E-state index is 13.5. The number of pyridine rings is 1. The number of furan rings is 1. The first-order valence-corrected chi connectivity index (χ1v) is 11.8. The van der Waals surface area contributed by atoms with Crippen molar-refractivity contribution in [2.24, 2.45) is 0 Å². The molecule has 1 fully saturated rings. The Labute approximate surface area is 208 Å². The van der Waals surface area contributed by atoms with Gasteiger partial charge in [-0.05, 0) is 49.6 Å². The van der Waals surface area contributed by atoms with Gasteiger partial charge in [-0.2, -0.15) is 0 Å². The molecular weight excluding hydrogens is 466 g/mol. The maximum absolute atomic E-state index is 13.5. The van der Waals surface area contributed by atoms with Gasteiger partial charge in [0.2, 0.25) is 17.7 Å². The van der Waals surface area contributed by atoms with Gasteiger partial charge >= 0.3 is 0 Å². The number of anilines is 1. The highest BCUT2D eigenvalue weighted by molar-refractivity contribution is 5.94. The van der Waals surface area contributed by atoms with Gasteiger partial charge in [-0.1, -0.05) is 5.16 Å². The van der Waals surface area contributed by atoms with E-state index in [1.165, 1.54) is 11.2 Å². The molecule has 0 radical (unpaired) electrons. The molecule has 1 aliphatic rings. The minimum atomic E-state index is -0.951. The summed E-state index contributed by atoms with van der Waals surface area (Å²) in [6, 6.07) is 7.46. The van der Waals surface area contributed by atoms with Crippen LogP contribution < -0.4 is 10.6 Å². The summed E-state index contributed by atoms with van der Waals surface area (Å²) in [7, 11) is 0. The first-order valence-electron chi connectivity index (χ1n) is 11.8. The Morgan fingerprint density at radius 2 is 2.03 bits per heavy atom. The van der Waals surface area contributed by atoms with Gasteiger partial charge in [0.1, 0.15) is 17.6 Å². The Balaban J connectivity index is 1.51. The summed E-state index contributed by atoms with van der Waals surface area (Å²) in [6.45, 7) is 2.79. The zero-order valence-corrected chi connectivity index (χ0v) is 20.0. The highest BCUT2D eigenvalue weighted by atomic mass is 16.5. The topological polar surface area (TPSA) is 140 Å². The van der Waals surface area contributed by atoms with Crippen LogP contribution in [0.25, 0.3) is 0 Å². The van der Waals surface area contributed by atoms with Crippen LogP contribution >= 0.6 is 0 Å². The molecule has 11 nitrogen and oxygen atoms in total. The number of aromatic nitrogens is 2. The number of carbonyl (C=O) groups excluding carboxylic acids is 3. The Bertz CT molecular complexity index is 1140. The largest absolute Gasteiger partial charge is 0.467 e. The van der Waals surface area contributed by atoms with Gasteiger partial charge in [0, 0.05) is 44.5 Å². The normalized spacial score (nSPS) is 15.9. The third-order valence-corrected chi connectivity index (χ3v) is 5.80. The molecule has 1 saturated heterocycles. The molecule has 3 aromatic rings. The van der Waals surface area contributed by atoms with Crippen molar-refractivity contribution < 1.29 is 28.1 Å². The Kier molecular flexibility index (Phi) is 8.45. The van der Waals surface area contributed by atoms with Crippen molar-refractivity contribution in [3.05, 3.63) is 66.1 Å². The second-order valence-electron chi connectivity index (χ2n) is 8.54.